The van der Waals surface area contributed by atoms with Crippen molar-refractivity contribution in [3.8, 4) is 0 Å². The van der Waals surface area contributed by atoms with Crippen LogP contribution in [0.4, 0.5) is 5.95 Å². The van der Waals surface area contributed by atoms with E-state index in [9.17, 15) is 0 Å². The highest BCUT2D eigenvalue weighted by Gasteiger charge is 2.22. The van der Waals surface area contributed by atoms with Crippen molar-refractivity contribution in [2.45, 2.75) is 25.4 Å². The van der Waals surface area contributed by atoms with Gasteiger partial charge in [0.1, 0.15) is 0 Å². The number of pyridine rings is 1. The van der Waals surface area contributed by atoms with E-state index in [0.29, 0.717) is 12.6 Å². The molecule has 1 aliphatic heterocycles. The molecule has 0 spiro atoms. The number of hydrogen-bond donors (Lipinski definition) is 1. The van der Waals surface area contributed by atoms with E-state index in [0.717, 1.165) is 50.6 Å². The Morgan fingerprint density at radius 3 is 2.90 bits per heavy atom. The summed E-state index contributed by atoms with van der Waals surface area (Å²) in [6.07, 6.45) is 5.28. The lowest BCUT2D eigenvalue weighted by Crippen LogP contribution is -2.37. The number of nitrogens with two attached hydrogens (primary N) is 1. The first kappa shape index (κ1) is 13.3. The zero-order valence-electron chi connectivity index (χ0n) is 11.6. The van der Waals surface area contributed by atoms with Crippen LogP contribution >= 0.6 is 0 Å². The van der Waals surface area contributed by atoms with Crippen molar-refractivity contribution in [1.29, 1.82) is 0 Å². The number of hydrogen-bond acceptors (Lipinski definition) is 5. The summed E-state index contributed by atoms with van der Waals surface area (Å²) < 4.78 is 7.63. The van der Waals surface area contributed by atoms with E-state index in [1.807, 2.05) is 28.9 Å². The minimum absolute atomic E-state index is 0.356. The largest absolute Gasteiger partial charge is 0.378 e. The van der Waals surface area contributed by atoms with E-state index in [2.05, 4.69) is 15.0 Å². The van der Waals surface area contributed by atoms with Gasteiger partial charge in [-0.1, -0.05) is 6.07 Å². The van der Waals surface area contributed by atoms with Gasteiger partial charge in [-0.25, -0.2) is 4.52 Å². The van der Waals surface area contributed by atoms with Crippen LogP contribution < -0.4 is 10.6 Å². The van der Waals surface area contributed by atoms with Crippen LogP contribution in [-0.4, -0.2) is 46.9 Å². The molecule has 0 aliphatic carbocycles. The zero-order valence-corrected chi connectivity index (χ0v) is 11.6. The van der Waals surface area contributed by atoms with Crippen LogP contribution in [0.2, 0.25) is 0 Å². The smallest absolute Gasteiger partial charge is 0.245 e. The molecule has 1 saturated heterocycles. The van der Waals surface area contributed by atoms with Crippen LogP contribution in [-0.2, 0) is 4.74 Å². The van der Waals surface area contributed by atoms with Crippen LogP contribution in [0.15, 0.2) is 24.4 Å². The van der Waals surface area contributed by atoms with Gasteiger partial charge in [-0.15, -0.1) is 5.10 Å². The molecule has 6 nitrogen and oxygen atoms in total. The summed E-state index contributed by atoms with van der Waals surface area (Å²) in [7, 11) is 0. The maximum absolute atomic E-state index is 5.81. The predicted octanol–water partition coefficient (Wildman–Crippen LogP) is 1.06. The lowest BCUT2D eigenvalue weighted by molar-refractivity contribution is 0.0365. The highest BCUT2D eigenvalue weighted by Crippen LogP contribution is 2.19. The lowest BCUT2D eigenvalue weighted by atomic mass is 10.1. The Morgan fingerprint density at radius 2 is 2.15 bits per heavy atom. The number of aromatic nitrogens is 3. The molecule has 0 saturated carbocycles. The van der Waals surface area contributed by atoms with Gasteiger partial charge in [-0.3, -0.25) is 0 Å². The van der Waals surface area contributed by atoms with E-state index < -0.39 is 0 Å². The average molecular weight is 275 g/mol. The van der Waals surface area contributed by atoms with Crippen molar-refractivity contribution in [2.75, 3.05) is 31.1 Å². The fourth-order valence-electron chi connectivity index (χ4n) is 2.51. The zero-order chi connectivity index (χ0) is 13.8. The Bertz CT molecular complexity index is 514. The van der Waals surface area contributed by atoms with Crippen molar-refractivity contribution in [1.82, 2.24) is 14.6 Å². The summed E-state index contributed by atoms with van der Waals surface area (Å²) in [6, 6.07) is 5.91. The molecular formula is C14H21N5O. The SMILES string of the molecule is NCCCOC1CCN(c2nc3ccccn3n2)CC1. The second kappa shape index (κ2) is 6.19. The van der Waals surface area contributed by atoms with E-state index in [1.165, 1.54) is 0 Å². The van der Waals surface area contributed by atoms with Crippen LogP contribution in [0.25, 0.3) is 5.65 Å². The number of nitrogens with zero attached hydrogens (tertiary/aromatic N) is 4. The summed E-state index contributed by atoms with van der Waals surface area (Å²) in [5.74, 6) is 0.816. The minimum Gasteiger partial charge on any atom is -0.378 e. The second-order valence-electron chi connectivity index (χ2n) is 5.11. The quantitative estimate of drug-likeness (QED) is 0.826. The van der Waals surface area contributed by atoms with Crippen LogP contribution in [0.5, 0.6) is 0 Å². The maximum atomic E-state index is 5.81. The predicted molar refractivity (Wildman–Crippen MR) is 77.8 cm³/mol. The summed E-state index contributed by atoms with van der Waals surface area (Å²) in [5, 5.41) is 4.51. The standard InChI is InChI=1S/C14H21N5O/c15-7-3-11-20-12-5-9-18(10-6-12)14-16-13-4-1-2-8-19(13)17-14/h1-2,4,8,12H,3,5-7,9-11,15H2. The molecule has 0 amide bonds. The fourth-order valence-corrected chi connectivity index (χ4v) is 2.51. The first-order valence-corrected chi connectivity index (χ1v) is 7.25. The maximum Gasteiger partial charge on any atom is 0.245 e. The summed E-state index contributed by atoms with van der Waals surface area (Å²) in [4.78, 5) is 6.79. The van der Waals surface area contributed by atoms with E-state index in [-0.39, 0.29) is 0 Å². The molecule has 108 valence electrons. The van der Waals surface area contributed by atoms with Crippen molar-refractivity contribution in [2.24, 2.45) is 5.73 Å². The summed E-state index contributed by atoms with van der Waals surface area (Å²) in [5.41, 5.74) is 6.36. The Hall–Kier alpha value is -1.66. The first-order chi connectivity index (χ1) is 9.86. The third kappa shape index (κ3) is 2.91. The lowest BCUT2D eigenvalue weighted by Gasteiger charge is -2.31. The molecule has 2 N–H and O–H groups in total. The Morgan fingerprint density at radius 1 is 1.30 bits per heavy atom. The number of ether oxygens (including phenoxy) is 1. The third-order valence-corrected chi connectivity index (χ3v) is 3.66. The molecule has 0 aromatic carbocycles. The van der Waals surface area contributed by atoms with Gasteiger partial charge in [0.25, 0.3) is 0 Å². The van der Waals surface area contributed by atoms with Crippen LogP contribution in [0, 0.1) is 0 Å². The molecule has 1 aliphatic rings. The van der Waals surface area contributed by atoms with Crippen molar-refractivity contribution >= 4 is 11.6 Å². The van der Waals surface area contributed by atoms with E-state index >= 15 is 0 Å². The number of piperidine rings is 1. The molecule has 3 heterocycles. The van der Waals surface area contributed by atoms with Gasteiger partial charge >= 0.3 is 0 Å². The fraction of sp³-hybridized carbons (Fsp3) is 0.571. The molecular weight excluding hydrogens is 254 g/mol. The second-order valence-corrected chi connectivity index (χ2v) is 5.11. The van der Waals surface area contributed by atoms with Gasteiger partial charge in [-0.2, -0.15) is 4.98 Å². The van der Waals surface area contributed by atoms with Gasteiger partial charge in [0, 0.05) is 25.9 Å². The molecule has 6 heteroatoms. The van der Waals surface area contributed by atoms with Crippen LogP contribution in [0.1, 0.15) is 19.3 Å². The topological polar surface area (TPSA) is 68.7 Å². The van der Waals surface area contributed by atoms with Gasteiger partial charge < -0.3 is 15.4 Å². The van der Waals surface area contributed by atoms with Crippen molar-refractivity contribution in [3.63, 3.8) is 0 Å². The third-order valence-electron chi connectivity index (χ3n) is 3.66. The number of fused-ring (bicyclic) bond motifs is 1. The van der Waals surface area contributed by atoms with Gasteiger partial charge in [-0.05, 0) is 37.9 Å². The minimum atomic E-state index is 0.356. The first-order valence-electron chi connectivity index (χ1n) is 7.25. The Kier molecular flexibility index (Phi) is 4.13. The van der Waals surface area contributed by atoms with E-state index in [1.54, 1.807) is 0 Å². The van der Waals surface area contributed by atoms with Gasteiger partial charge in [0.2, 0.25) is 5.95 Å². The molecule has 20 heavy (non-hydrogen) atoms. The highest BCUT2D eigenvalue weighted by molar-refractivity contribution is 5.44. The molecule has 2 aromatic rings. The van der Waals surface area contributed by atoms with Crippen LogP contribution in [0.3, 0.4) is 0 Å². The highest BCUT2D eigenvalue weighted by atomic mass is 16.5. The molecule has 1 fully saturated rings. The molecule has 0 atom stereocenters. The normalized spacial score (nSPS) is 16.9. The molecule has 0 bridgehead atoms. The molecule has 3 rings (SSSR count). The van der Waals surface area contributed by atoms with Crippen molar-refractivity contribution in [3.05, 3.63) is 24.4 Å². The number of rotatable bonds is 5. The van der Waals surface area contributed by atoms with Crippen molar-refractivity contribution < 1.29 is 4.74 Å². The number of anilines is 1. The van der Waals surface area contributed by atoms with Gasteiger partial charge in [0.05, 0.1) is 6.10 Å². The average Bonchev–Trinajstić information content (AvgIpc) is 2.92. The summed E-state index contributed by atoms with van der Waals surface area (Å²) in [6.45, 7) is 3.37. The van der Waals surface area contributed by atoms with Gasteiger partial charge in [0.15, 0.2) is 5.65 Å². The molecule has 0 radical (unpaired) electrons. The Balaban J connectivity index is 1.57. The molecule has 2 aromatic heterocycles. The monoisotopic (exact) mass is 275 g/mol. The molecule has 0 unspecified atom stereocenters. The van der Waals surface area contributed by atoms with E-state index in [4.69, 9.17) is 10.5 Å². The summed E-state index contributed by atoms with van der Waals surface area (Å²) >= 11 is 0. The Labute approximate surface area is 118 Å².